The molecule has 2 nitrogen and oxygen atoms in total. The van der Waals surface area contributed by atoms with Gasteiger partial charge in [0.15, 0.2) is 0 Å². The van der Waals surface area contributed by atoms with Gasteiger partial charge in [0.05, 0.1) is 0 Å². The Kier molecular flexibility index (Phi) is 3.48. The molecular weight excluding hydrogens is 288 g/mol. The van der Waals surface area contributed by atoms with E-state index < -0.39 is 0 Å². The summed E-state index contributed by atoms with van der Waals surface area (Å²) in [6.07, 6.45) is 4.18. The van der Waals surface area contributed by atoms with Crippen molar-refractivity contribution in [3.05, 3.63) is 34.3 Å². The van der Waals surface area contributed by atoms with Crippen LogP contribution in [0.1, 0.15) is 37.8 Å². The Balaban J connectivity index is 1.86. The molecule has 4 unspecified atom stereocenters. The van der Waals surface area contributed by atoms with Crippen LogP contribution in [-0.4, -0.2) is 23.5 Å². The van der Waals surface area contributed by atoms with Crippen LogP contribution in [0.5, 0.6) is 0 Å². The number of fused-ring (bicyclic) bond motifs is 2. The first kappa shape index (κ1) is 12.6. The first-order chi connectivity index (χ1) is 8.65. The minimum Gasteiger partial charge on any atom is -0.326 e. The second-order valence-electron chi connectivity index (χ2n) is 5.89. The van der Waals surface area contributed by atoms with Crippen LogP contribution in [-0.2, 0) is 0 Å². The molecular formula is C15H21BrN2. The topological polar surface area (TPSA) is 29.3 Å². The summed E-state index contributed by atoms with van der Waals surface area (Å²) in [6.45, 7) is 3.38. The van der Waals surface area contributed by atoms with Gasteiger partial charge in [-0.25, -0.2) is 0 Å². The molecule has 3 rings (SSSR count). The number of likely N-dealkylation sites (tertiary alicyclic amines) is 1. The zero-order chi connectivity index (χ0) is 12.7. The normalized spacial score (nSPS) is 30.6. The van der Waals surface area contributed by atoms with Crippen molar-refractivity contribution in [2.45, 2.75) is 44.3 Å². The number of halogens is 1. The molecule has 2 fully saturated rings. The second-order valence-corrected chi connectivity index (χ2v) is 6.80. The van der Waals surface area contributed by atoms with Gasteiger partial charge in [0.25, 0.3) is 0 Å². The highest BCUT2D eigenvalue weighted by atomic mass is 79.9. The molecule has 0 spiro atoms. The third-order valence-electron chi connectivity index (χ3n) is 4.52. The summed E-state index contributed by atoms with van der Waals surface area (Å²) in [7, 11) is 0. The largest absolute Gasteiger partial charge is 0.326 e. The fraction of sp³-hybridized carbons (Fsp3) is 0.600. The van der Waals surface area contributed by atoms with E-state index >= 15 is 0 Å². The standard InChI is InChI=1S/C15H21BrN2/c1-10(17)15(12-3-5-13(16)6-4-12)18-9-11-2-7-14(18)8-11/h3-6,10-11,14-15H,2,7-9,17H2,1H3. The Morgan fingerprint density at radius 3 is 2.50 bits per heavy atom. The summed E-state index contributed by atoms with van der Waals surface area (Å²) in [5.41, 5.74) is 7.63. The van der Waals surface area contributed by atoms with Crippen molar-refractivity contribution in [2.24, 2.45) is 11.7 Å². The first-order valence-electron chi connectivity index (χ1n) is 6.92. The minimum atomic E-state index is 0.186. The Labute approximate surface area is 118 Å². The van der Waals surface area contributed by atoms with Gasteiger partial charge in [-0.2, -0.15) is 0 Å². The molecule has 4 atom stereocenters. The van der Waals surface area contributed by atoms with Crippen LogP contribution in [0.4, 0.5) is 0 Å². The van der Waals surface area contributed by atoms with Gasteiger partial charge in [-0.3, -0.25) is 4.90 Å². The van der Waals surface area contributed by atoms with Gasteiger partial charge in [0, 0.05) is 29.1 Å². The van der Waals surface area contributed by atoms with Gasteiger partial charge in [-0.1, -0.05) is 28.1 Å². The lowest BCUT2D eigenvalue weighted by Crippen LogP contribution is -2.43. The average molecular weight is 309 g/mol. The zero-order valence-electron chi connectivity index (χ0n) is 10.8. The van der Waals surface area contributed by atoms with Gasteiger partial charge < -0.3 is 5.73 Å². The van der Waals surface area contributed by atoms with Gasteiger partial charge >= 0.3 is 0 Å². The smallest absolute Gasteiger partial charge is 0.0499 e. The van der Waals surface area contributed by atoms with E-state index in [-0.39, 0.29) is 6.04 Å². The molecule has 0 aromatic heterocycles. The molecule has 3 heteroatoms. The van der Waals surface area contributed by atoms with Crippen molar-refractivity contribution < 1.29 is 0 Å². The highest BCUT2D eigenvalue weighted by Gasteiger charge is 2.42. The predicted octanol–water partition coefficient (Wildman–Crippen LogP) is 3.32. The van der Waals surface area contributed by atoms with E-state index in [4.69, 9.17) is 5.73 Å². The van der Waals surface area contributed by atoms with Crippen LogP contribution in [0.2, 0.25) is 0 Å². The van der Waals surface area contributed by atoms with Crippen LogP contribution in [0, 0.1) is 5.92 Å². The van der Waals surface area contributed by atoms with Crippen molar-refractivity contribution >= 4 is 15.9 Å². The number of hydrogen-bond acceptors (Lipinski definition) is 2. The summed E-state index contributed by atoms with van der Waals surface area (Å²) in [5.74, 6) is 0.923. The van der Waals surface area contributed by atoms with E-state index in [1.54, 1.807) is 0 Å². The van der Waals surface area contributed by atoms with Gasteiger partial charge in [-0.05, 0) is 49.8 Å². The van der Waals surface area contributed by atoms with Gasteiger partial charge in [0.1, 0.15) is 0 Å². The van der Waals surface area contributed by atoms with E-state index in [0.29, 0.717) is 6.04 Å². The van der Waals surface area contributed by atoms with Crippen molar-refractivity contribution in [1.29, 1.82) is 0 Å². The molecule has 98 valence electrons. The molecule has 1 aliphatic heterocycles. The Hall–Kier alpha value is -0.380. The molecule has 1 saturated heterocycles. The summed E-state index contributed by atoms with van der Waals surface area (Å²) in [4.78, 5) is 2.65. The van der Waals surface area contributed by atoms with E-state index in [0.717, 1.165) is 16.4 Å². The quantitative estimate of drug-likeness (QED) is 0.928. The fourth-order valence-corrected chi connectivity index (χ4v) is 4.02. The molecule has 1 aromatic rings. The third kappa shape index (κ3) is 2.24. The number of hydrogen-bond donors (Lipinski definition) is 1. The number of rotatable bonds is 3. The minimum absolute atomic E-state index is 0.186. The molecule has 0 amide bonds. The Morgan fingerprint density at radius 1 is 1.28 bits per heavy atom. The molecule has 2 aliphatic rings. The maximum Gasteiger partial charge on any atom is 0.0499 e. The first-order valence-corrected chi connectivity index (χ1v) is 7.71. The summed E-state index contributed by atoms with van der Waals surface area (Å²) >= 11 is 3.50. The van der Waals surface area contributed by atoms with Gasteiger partial charge in [0.2, 0.25) is 0 Å². The van der Waals surface area contributed by atoms with E-state index in [9.17, 15) is 0 Å². The molecule has 2 N–H and O–H groups in total. The van der Waals surface area contributed by atoms with Crippen LogP contribution < -0.4 is 5.73 Å². The van der Waals surface area contributed by atoms with Crippen LogP contribution >= 0.6 is 15.9 Å². The van der Waals surface area contributed by atoms with Crippen LogP contribution in [0.25, 0.3) is 0 Å². The van der Waals surface area contributed by atoms with Crippen molar-refractivity contribution in [3.8, 4) is 0 Å². The summed E-state index contributed by atoms with van der Waals surface area (Å²) in [5, 5.41) is 0. The van der Waals surface area contributed by atoms with Crippen molar-refractivity contribution in [2.75, 3.05) is 6.54 Å². The summed E-state index contributed by atoms with van der Waals surface area (Å²) in [6, 6.07) is 10.0. The lowest BCUT2D eigenvalue weighted by molar-refractivity contribution is 0.133. The lowest BCUT2D eigenvalue weighted by atomic mass is 9.97. The maximum atomic E-state index is 6.26. The van der Waals surface area contributed by atoms with E-state index in [1.165, 1.54) is 31.4 Å². The predicted molar refractivity (Wildman–Crippen MR) is 78.4 cm³/mol. The van der Waals surface area contributed by atoms with Gasteiger partial charge in [-0.15, -0.1) is 0 Å². The fourth-order valence-electron chi connectivity index (χ4n) is 3.76. The highest BCUT2D eigenvalue weighted by molar-refractivity contribution is 9.10. The average Bonchev–Trinajstić information content (AvgIpc) is 2.94. The van der Waals surface area contributed by atoms with Crippen LogP contribution in [0.3, 0.4) is 0 Å². The Morgan fingerprint density at radius 2 is 2.00 bits per heavy atom. The number of benzene rings is 1. The second kappa shape index (κ2) is 4.95. The summed E-state index contributed by atoms with van der Waals surface area (Å²) < 4.78 is 1.14. The molecule has 2 bridgehead atoms. The van der Waals surface area contributed by atoms with E-state index in [2.05, 4.69) is 52.0 Å². The SMILES string of the molecule is CC(N)C(c1ccc(Br)cc1)N1CC2CCC1C2. The monoisotopic (exact) mass is 308 g/mol. The number of nitrogens with two attached hydrogens (primary N) is 1. The highest BCUT2D eigenvalue weighted by Crippen LogP contribution is 2.42. The molecule has 1 heterocycles. The molecule has 18 heavy (non-hydrogen) atoms. The van der Waals surface area contributed by atoms with Crippen LogP contribution in [0.15, 0.2) is 28.7 Å². The zero-order valence-corrected chi connectivity index (χ0v) is 12.4. The van der Waals surface area contributed by atoms with E-state index in [1.807, 2.05) is 0 Å². The Bertz CT molecular complexity index is 415. The molecule has 0 radical (unpaired) electrons. The third-order valence-corrected chi connectivity index (χ3v) is 5.05. The number of piperidine rings is 1. The molecule has 1 aromatic carbocycles. The van der Waals surface area contributed by atoms with Crippen molar-refractivity contribution in [3.63, 3.8) is 0 Å². The molecule has 1 aliphatic carbocycles. The molecule has 1 saturated carbocycles. The number of nitrogens with zero attached hydrogens (tertiary/aromatic N) is 1. The maximum absolute atomic E-state index is 6.26. The lowest BCUT2D eigenvalue weighted by Gasteiger charge is -2.37. The van der Waals surface area contributed by atoms with Crippen molar-refractivity contribution in [1.82, 2.24) is 4.90 Å².